The maximum absolute atomic E-state index is 12.5. The molecule has 1 nitrogen and oxygen atoms in total. The Hall–Kier alpha value is -1.45. The van der Waals surface area contributed by atoms with Gasteiger partial charge in [-0.1, -0.05) is 12.1 Å². The molecule has 0 unspecified atom stereocenters. The summed E-state index contributed by atoms with van der Waals surface area (Å²) in [4.78, 5) is 0. The summed E-state index contributed by atoms with van der Waals surface area (Å²) in [5.41, 5.74) is -0.805. The van der Waals surface area contributed by atoms with Gasteiger partial charge in [0.2, 0.25) is 0 Å². The number of furan rings is 1. The molecular formula is C10H7F3O. The van der Waals surface area contributed by atoms with Crippen molar-refractivity contribution < 1.29 is 17.6 Å². The summed E-state index contributed by atoms with van der Waals surface area (Å²) in [6, 6.07) is 5.58. The van der Waals surface area contributed by atoms with Crippen molar-refractivity contribution in [2.24, 2.45) is 0 Å². The lowest BCUT2D eigenvalue weighted by atomic mass is 10.1. The Morgan fingerprint density at radius 1 is 1.21 bits per heavy atom. The molecule has 0 radical (unpaired) electrons. The first kappa shape index (κ1) is 9.12. The van der Waals surface area contributed by atoms with Crippen molar-refractivity contribution in [1.82, 2.24) is 0 Å². The molecule has 0 bridgehead atoms. The second-order valence-corrected chi connectivity index (χ2v) is 3.08. The van der Waals surface area contributed by atoms with E-state index in [1.807, 2.05) is 0 Å². The van der Waals surface area contributed by atoms with E-state index in [-0.39, 0.29) is 5.58 Å². The van der Waals surface area contributed by atoms with E-state index in [0.29, 0.717) is 11.1 Å². The van der Waals surface area contributed by atoms with Gasteiger partial charge in [-0.05, 0) is 19.1 Å². The van der Waals surface area contributed by atoms with Gasteiger partial charge in [-0.2, -0.15) is 13.2 Å². The van der Waals surface area contributed by atoms with Crippen LogP contribution in [-0.4, -0.2) is 0 Å². The van der Waals surface area contributed by atoms with Crippen molar-refractivity contribution in [2.75, 3.05) is 0 Å². The molecular weight excluding hydrogens is 193 g/mol. The molecule has 1 heterocycles. The van der Waals surface area contributed by atoms with Crippen molar-refractivity contribution in [1.29, 1.82) is 0 Å². The molecule has 0 aliphatic carbocycles. The zero-order valence-electron chi connectivity index (χ0n) is 7.35. The quantitative estimate of drug-likeness (QED) is 0.631. The topological polar surface area (TPSA) is 13.1 Å². The largest absolute Gasteiger partial charge is 0.461 e. The van der Waals surface area contributed by atoms with Crippen LogP contribution < -0.4 is 0 Å². The van der Waals surface area contributed by atoms with Crippen LogP contribution in [0.5, 0.6) is 0 Å². The van der Waals surface area contributed by atoms with Crippen LogP contribution in [0.2, 0.25) is 0 Å². The summed E-state index contributed by atoms with van der Waals surface area (Å²) in [6.45, 7) is 1.63. The number of rotatable bonds is 0. The van der Waals surface area contributed by atoms with Gasteiger partial charge >= 0.3 is 6.18 Å². The average Bonchev–Trinajstić information content (AvgIpc) is 2.41. The van der Waals surface area contributed by atoms with Gasteiger partial charge in [0.25, 0.3) is 0 Å². The number of para-hydroxylation sites is 1. The van der Waals surface area contributed by atoms with E-state index in [4.69, 9.17) is 4.42 Å². The van der Waals surface area contributed by atoms with E-state index in [1.54, 1.807) is 19.1 Å². The fourth-order valence-corrected chi connectivity index (χ4v) is 1.42. The summed E-state index contributed by atoms with van der Waals surface area (Å²) in [5, 5.41) is 0.484. The van der Waals surface area contributed by atoms with Crippen molar-refractivity contribution in [3.05, 3.63) is 35.6 Å². The Morgan fingerprint density at radius 3 is 2.57 bits per heavy atom. The molecule has 74 valence electrons. The van der Waals surface area contributed by atoms with Gasteiger partial charge in [0.1, 0.15) is 11.3 Å². The highest BCUT2D eigenvalue weighted by Gasteiger charge is 2.33. The van der Waals surface area contributed by atoms with Crippen LogP contribution >= 0.6 is 0 Å². The molecule has 4 heteroatoms. The number of hydrogen-bond donors (Lipinski definition) is 0. The van der Waals surface area contributed by atoms with Gasteiger partial charge in [-0.25, -0.2) is 0 Å². The molecule has 2 rings (SSSR count). The maximum Gasteiger partial charge on any atom is 0.420 e. The van der Waals surface area contributed by atoms with Crippen molar-refractivity contribution >= 4 is 11.0 Å². The zero-order chi connectivity index (χ0) is 10.3. The van der Waals surface area contributed by atoms with Crippen LogP contribution in [0, 0.1) is 6.92 Å². The molecule has 0 fully saturated rings. The predicted octanol–water partition coefficient (Wildman–Crippen LogP) is 3.76. The third-order valence-electron chi connectivity index (χ3n) is 1.97. The Morgan fingerprint density at radius 2 is 1.93 bits per heavy atom. The summed E-state index contributed by atoms with van der Waals surface area (Å²) in [5.74, 6) is 0.483. The summed E-state index contributed by atoms with van der Waals surface area (Å²) in [6.07, 6.45) is -4.36. The Labute approximate surface area is 78.1 Å². The van der Waals surface area contributed by atoms with Crippen molar-refractivity contribution in [3.63, 3.8) is 0 Å². The van der Waals surface area contributed by atoms with E-state index < -0.39 is 11.7 Å². The fourth-order valence-electron chi connectivity index (χ4n) is 1.42. The standard InChI is InChI=1S/C10H7F3O/c1-6-5-7-3-2-4-8(9(7)14-6)10(11,12)13/h2-5H,1H3. The number of hydrogen-bond acceptors (Lipinski definition) is 1. The summed E-state index contributed by atoms with van der Waals surface area (Å²) >= 11 is 0. The zero-order valence-corrected chi connectivity index (χ0v) is 7.35. The van der Waals surface area contributed by atoms with Gasteiger partial charge in [-0.15, -0.1) is 0 Å². The van der Waals surface area contributed by atoms with Gasteiger partial charge in [0.05, 0.1) is 5.56 Å². The average molecular weight is 200 g/mol. The molecule has 0 saturated heterocycles. The lowest BCUT2D eigenvalue weighted by Crippen LogP contribution is -2.04. The molecule has 14 heavy (non-hydrogen) atoms. The Bertz CT molecular complexity index is 468. The number of aryl methyl sites for hydroxylation is 1. The van der Waals surface area contributed by atoms with Crippen LogP contribution in [0.1, 0.15) is 11.3 Å². The molecule has 0 saturated carbocycles. The first-order valence-electron chi connectivity index (χ1n) is 4.05. The number of benzene rings is 1. The minimum atomic E-state index is -4.36. The maximum atomic E-state index is 12.5. The van der Waals surface area contributed by atoms with Gasteiger partial charge in [-0.3, -0.25) is 0 Å². The lowest BCUT2D eigenvalue weighted by molar-refractivity contribution is -0.136. The van der Waals surface area contributed by atoms with Gasteiger partial charge < -0.3 is 4.42 Å². The third-order valence-corrected chi connectivity index (χ3v) is 1.97. The Kier molecular flexibility index (Phi) is 1.80. The minimum absolute atomic E-state index is 0.0856. The van der Waals surface area contributed by atoms with E-state index in [9.17, 15) is 13.2 Å². The van der Waals surface area contributed by atoms with Crippen molar-refractivity contribution in [3.8, 4) is 0 Å². The molecule has 0 spiro atoms. The molecule has 0 atom stereocenters. The number of halogens is 3. The fraction of sp³-hybridized carbons (Fsp3) is 0.200. The smallest absolute Gasteiger partial charge is 0.420 e. The minimum Gasteiger partial charge on any atom is -0.461 e. The first-order chi connectivity index (χ1) is 6.48. The highest BCUT2D eigenvalue weighted by Crippen LogP contribution is 2.35. The van der Waals surface area contributed by atoms with Crippen LogP contribution in [0.4, 0.5) is 13.2 Å². The third kappa shape index (κ3) is 1.36. The highest BCUT2D eigenvalue weighted by molar-refractivity contribution is 5.81. The first-order valence-corrected chi connectivity index (χ1v) is 4.05. The van der Waals surface area contributed by atoms with Crippen LogP contribution in [0.15, 0.2) is 28.7 Å². The second-order valence-electron chi connectivity index (χ2n) is 3.08. The van der Waals surface area contributed by atoms with Gasteiger partial charge in [0, 0.05) is 5.39 Å². The van der Waals surface area contributed by atoms with Crippen LogP contribution in [0.25, 0.3) is 11.0 Å². The predicted molar refractivity (Wildman–Crippen MR) is 46.0 cm³/mol. The number of alkyl halides is 3. The van der Waals surface area contributed by atoms with E-state index >= 15 is 0 Å². The summed E-state index contributed by atoms with van der Waals surface area (Å²) in [7, 11) is 0. The van der Waals surface area contributed by atoms with Crippen LogP contribution in [-0.2, 0) is 6.18 Å². The molecule has 0 N–H and O–H groups in total. The molecule has 0 aliphatic heterocycles. The Balaban J connectivity index is 2.77. The monoisotopic (exact) mass is 200 g/mol. The normalized spacial score (nSPS) is 12.3. The van der Waals surface area contributed by atoms with Gasteiger partial charge in [0.15, 0.2) is 0 Å². The highest BCUT2D eigenvalue weighted by atomic mass is 19.4. The molecule has 0 amide bonds. The lowest BCUT2D eigenvalue weighted by Gasteiger charge is -2.05. The van der Waals surface area contributed by atoms with E-state index in [1.165, 1.54) is 6.07 Å². The SMILES string of the molecule is Cc1cc2cccc(C(F)(F)F)c2o1. The van der Waals surface area contributed by atoms with Crippen LogP contribution in [0.3, 0.4) is 0 Å². The van der Waals surface area contributed by atoms with Crippen molar-refractivity contribution in [2.45, 2.75) is 13.1 Å². The van der Waals surface area contributed by atoms with E-state index in [0.717, 1.165) is 6.07 Å². The molecule has 1 aromatic carbocycles. The molecule has 2 aromatic rings. The molecule has 0 aliphatic rings. The van der Waals surface area contributed by atoms with E-state index in [2.05, 4.69) is 0 Å². The second kappa shape index (κ2) is 2.77. The number of fused-ring (bicyclic) bond motifs is 1. The molecule has 1 aromatic heterocycles. The summed E-state index contributed by atoms with van der Waals surface area (Å²) < 4.78 is 42.4.